The van der Waals surface area contributed by atoms with Crippen molar-refractivity contribution in [2.45, 2.75) is 6.42 Å². The molecule has 0 aliphatic heterocycles. The first-order valence-electron chi connectivity index (χ1n) is 6.32. The molecule has 0 spiro atoms. The number of hydrogen-bond donors (Lipinski definition) is 2. The number of rotatable bonds is 4. The molecular weight excluding hydrogens is 286 g/mol. The Labute approximate surface area is 125 Å². The quantitative estimate of drug-likeness (QED) is 0.773. The molecule has 0 bridgehead atoms. The van der Waals surface area contributed by atoms with Gasteiger partial charge in [0.25, 0.3) is 5.91 Å². The summed E-state index contributed by atoms with van der Waals surface area (Å²) in [6.45, 7) is 0. The van der Waals surface area contributed by atoms with E-state index in [4.69, 9.17) is 5.73 Å². The van der Waals surface area contributed by atoms with Gasteiger partial charge in [-0.15, -0.1) is 16.4 Å². The molecule has 0 radical (unpaired) electrons. The Morgan fingerprint density at radius 1 is 1.24 bits per heavy atom. The Morgan fingerprint density at radius 2 is 2.05 bits per heavy atom. The van der Waals surface area contributed by atoms with Gasteiger partial charge in [0.15, 0.2) is 0 Å². The molecule has 0 saturated carbocycles. The minimum atomic E-state index is -0.205. The van der Waals surface area contributed by atoms with Crippen LogP contribution in [0, 0.1) is 0 Å². The van der Waals surface area contributed by atoms with Crippen LogP contribution in [0.15, 0.2) is 47.8 Å². The van der Waals surface area contributed by atoms with E-state index in [0.717, 1.165) is 15.2 Å². The maximum atomic E-state index is 12.2. The molecule has 0 atom stereocenters. The first-order chi connectivity index (χ1) is 10.2. The molecule has 2 aromatic heterocycles. The van der Waals surface area contributed by atoms with E-state index in [0.29, 0.717) is 5.95 Å². The minimum absolute atomic E-state index is 0.0787. The fraction of sp³-hybridized carbons (Fsp3) is 0.0714. The van der Waals surface area contributed by atoms with E-state index in [9.17, 15) is 4.79 Å². The van der Waals surface area contributed by atoms with Gasteiger partial charge in [0.2, 0.25) is 11.9 Å². The van der Waals surface area contributed by atoms with Crippen LogP contribution in [0.2, 0.25) is 0 Å². The van der Waals surface area contributed by atoms with Crippen molar-refractivity contribution in [2.24, 2.45) is 0 Å². The molecule has 1 aromatic carbocycles. The van der Waals surface area contributed by atoms with Gasteiger partial charge in [-0.3, -0.25) is 4.79 Å². The molecule has 7 heteroatoms. The SMILES string of the molecule is Nc1nc(Nc2ccccc2)nn1C(=O)Cc1cccs1. The summed E-state index contributed by atoms with van der Waals surface area (Å²) in [6, 6.07) is 13.3. The first kappa shape index (κ1) is 13.3. The Balaban J connectivity index is 1.76. The van der Waals surface area contributed by atoms with Gasteiger partial charge in [0.1, 0.15) is 0 Å². The van der Waals surface area contributed by atoms with Crippen LogP contribution in [0.5, 0.6) is 0 Å². The third kappa shape index (κ3) is 3.09. The standard InChI is InChI=1S/C14H13N5OS/c15-13-17-14(16-10-5-2-1-3-6-10)18-19(13)12(20)9-11-7-4-8-21-11/h1-8H,9H2,(H3,15,16,17,18). The van der Waals surface area contributed by atoms with E-state index in [1.165, 1.54) is 11.3 Å². The van der Waals surface area contributed by atoms with E-state index in [1.54, 1.807) is 0 Å². The fourth-order valence-electron chi connectivity index (χ4n) is 1.85. The van der Waals surface area contributed by atoms with Crippen molar-refractivity contribution in [2.75, 3.05) is 11.1 Å². The number of para-hydroxylation sites is 1. The molecule has 0 aliphatic rings. The van der Waals surface area contributed by atoms with Crippen LogP contribution >= 0.6 is 11.3 Å². The predicted molar refractivity (Wildman–Crippen MR) is 82.8 cm³/mol. The van der Waals surface area contributed by atoms with Crippen LogP contribution in [-0.2, 0) is 6.42 Å². The smallest absolute Gasteiger partial charge is 0.255 e. The number of aromatic nitrogens is 3. The number of anilines is 3. The maximum Gasteiger partial charge on any atom is 0.255 e. The minimum Gasteiger partial charge on any atom is -0.368 e. The van der Waals surface area contributed by atoms with Crippen LogP contribution < -0.4 is 11.1 Å². The Hall–Kier alpha value is -2.67. The Morgan fingerprint density at radius 3 is 2.76 bits per heavy atom. The zero-order chi connectivity index (χ0) is 14.7. The second-order valence-corrected chi connectivity index (χ2v) is 5.38. The van der Waals surface area contributed by atoms with Crippen molar-refractivity contribution in [1.29, 1.82) is 0 Å². The van der Waals surface area contributed by atoms with Crippen LogP contribution in [-0.4, -0.2) is 20.7 Å². The van der Waals surface area contributed by atoms with E-state index in [2.05, 4.69) is 15.4 Å². The lowest BCUT2D eigenvalue weighted by Crippen LogP contribution is -2.17. The highest BCUT2D eigenvalue weighted by Gasteiger charge is 2.15. The lowest BCUT2D eigenvalue weighted by Gasteiger charge is -2.00. The Bertz CT molecular complexity index is 736. The molecular formula is C14H13N5OS. The van der Waals surface area contributed by atoms with Crippen molar-refractivity contribution in [1.82, 2.24) is 14.8 Å². The summed E-state index contributed by atoms with van der Waals surface area (Å²) in [6.07, 6.45) is 0.260. The third-order valence-corrected chi connectivity index (χ3v) is 3.68. The first-order valence-corrected chi connectivity index (χ1v) is 7.20. The monoisotopic (exact) mass is 299 g/mol. The van der Waals surface area contributed by atoms with E-state index in [-0.39, 0.29) is 18.3 Å². The van der Waals surface area contributed by atoms with Gasteiger partial charge >= 0.3 is 0 Å². The summed E-state index contributed by atoms with van der Waals surface area (Å²) >= 11 is 1.52. The number of nitrogens with zero attached hydrogens (tertiary/aromatic N) is 3. The number of hydrogen-bond acceptors (Lipinski definition) is 6. The molecule has 0 amide bonds. The van der Waals surface area contributed by atoms with Gasteiger partial charge in [-0.25, -0.2) is 0 Å². The second kappa shape index (κ2) is 5.76. The van der Waals surface area contributed by atoms with Crippen LogP contribution in [0.25, 0.3) is 0 Å². The number of nitrogens with one attached hydrogen (secondary N) is 1. The van der Waals surface area contributed by atoms with E-state index < -0.39 is 0 Å². The molecule has 0 unspecified atom stereocenters. The summed E-state index contributed by atoms with van der Waals surface area (Å²) in [7, 11) is 0. The molecule has 6 nitrogen and oxygen atoms in total. The van der Waals surface area contributed by atoms with Crippen molar-refractivity contribution in [3.05, 3.63) is 52.7 Å². The third-order valence-electron chi connectivity index (χ3n) is 2.80. The molecule has 3 aromatic rings. The molecule has 3 rings (SSSR count). The number of thiophene rings is 1. The number of nitrogens with two attached hydrogens (primary N) is 1. The zero-order valence-corrected chi connectivity index (χ0v) is 11.9. The molecule has 3 N–H and O–H groups in total. The van der Waals surface area contributed by atoms with Crippen LogP contribution in [0.1, 0.15) is 9.67 Å². The van der Waals surface area contributed by atoms with Crippen molar-refractivity contribution in [3.8, 4) is 0 Å². The van der Waals surface area contributed by atoms with E-state index in [1.807, 2.05) is 47.8 Å². The highest BCUT2D eigenvalue weighted by Crippen LogP contribution is 2.15. The summed E-state index contributed by atoms with van der Waals surface area (Å²) in [5.74, 6) is 0.178. The van der Waals surface area contributed by atoms with Crippen molar-refractivity contribution < 1.29 is 4.79 Å². The van der Waals surface area contributed by atoms with Crippen molar-refractivity contribution in [3.63, 3.8) is 0 Å². The average molecular weight is 299 g/mol. The number of nitrogen functional groups attached to an aromatic ring is 1. The molecule has 0 aliphatic carbocycles. The van der Waals surface area contributed by atoms with Gasteiger partial charge < -0.3 is 11.1 Å². The molecule has 106 valence electrons. The molecule has 0 saturated heterocycles. The normalized spacial score (nSPS) is 10.5. The second-order valence-electron chi connectivity index (χ2n) is 4.35. The maximum absolute atomic E-state index is 12.2. The van der Waals surface area contributed by atoms with E-state index >= 15 is 0 Å². The van der Waals surface area contributed by atoms with Crippen LogP contribution in [0.3, 0.4) is 0 Å². The van der Waals surface area contributed by atoms with Gasteiger partial charge in [-0.1, -0.05) is 24.3 Å². The number of benzene rings is 1. The summed E-state index contributed by atoms with van der Waals surface area (Å²) in [5.41, 5.74) is 6.59. The van der Waals surface area contributed by atoms with Crippen LogP contribution in [0.4, 0.5) is 17.6 Å². The largest absolute Gasteiger partial charge is 0.368 e. The summed E-state index contributed by atoms with van der Waals surface area (Å²) in [4.78, 5) is 17.2. The zero-order valence-electron chi connectivity index (χ0n) is 11.1. The predicted octanol–water partition coefficient (Wildman–Crippen LogP) is 2.55. The lowest BCUT2D eigenvalue weighted by atomic mass is 10.3. The van der Waals surface area contributed by atoms with Gasteiger partial charge in [-0.05, 0) is 23.6 Å². The highest BCUT2D eigenvalue weighted by molar-refractivity contribution is 7.10. The average Bonchev–Trinajstić information content (AvgIpc) is 3.10. The molecule has 0 fully saturated rings. The molecule has 21 heavy (non-hydrogen) atoms. The van der Waals surface area contributed by atoms with Crippen molar-refractivity contribution >= 4 is 34.8 Å². The number of carbonyl (C=O) groups excluding carboxylic acids is 1. The Kier molecular flexibility index (Phi) is 3.65. The summed E-state index contributed by atoms with van der Waals surface area (Å²) in [5, 5.41) is 9.04. The number of carbonyl (C=O) groups is 1. The molecule has 2 heterocycles. The lowest BCUT2D eigenvalue weighted by molar-refractivity contribution is 0.0902. The van der Waals surface area contributed by atoms with Gasteiger partial charge in [-0.2, -0.15) is 9.67 Å². The highest BCUT2D eigenvalue weighted by atomic mass is 32.1. The van der Waals surface area contributed by atoms with Gasteiger partial charge in [0.05, 0.1) is 6.42 Å². The fourth-order valence-corrected chi connectivity index (χ4v) is 2.54. The summed E-state index contributed by atoms with van der Waals surface area (Å²) < 4.78 is 1.13. The topological polar surface area (TPSA) is 85.8 Å². The van der Waals surface area contributed by atoms with Gasteiger partial charge in [0, 0.05) is 10.6 Å².